The maximum atomic E-state index is 12.4. The summed E-state index contributed by atoms with van der Waals surface area (Å²) >= 11 is 1.53. The summed E-state index contributed by atoms with van der Waals surface area (Å²) in [6.07, 6.45) is 11.6. The van der Waals surface area contributed by atoms with Crippen LogP contribution in [0.3, 0.4) is 0 Å². The number of aliphatic hydroxyl groups is 1. The van der Waals surface area contributed by atoms with Crippen LogP contribution in [0, 0.1) is 28.6 Å². The summed E-state index contributed by atoms with van der Waals surface area (Å²) in [5.41, 5.74) is 0.766. The van der Waals surface area contributed by atoms with Gasteiger partial charge in [-0.05, 0) is 106 Å². The lowest BCUT2D eigenvalue weighted by Gasteiger charge is -2.59. The van der Waals surface area contributed by atoms with Gasteiger partial charge in [-0.15, -0.1) is 0 Å². The number of fused-ring (bicyclic) bond motifs is 5. The third-order valence-electron chi connectivity index (χ3n) is 10.3. The molecule has 3 N–H and O–H groups in total. The van der Waals surface area contributed by atoms with Crippen LogP contribution in [0.2, 0.25) is 0 Å². The summed E-state index contributed by atoms with van der Waals surface area (Å²) < 4.78 is 0. The van der Waals surface area contributed by atoms with E-state index in [-0.39, 0.29) is 23.2 Å². The standard InChI is InChI=1S/C28H42N2O6S/c1-17(31)28(35)13-9-22-20-6-5-18-15-19(7-11-26(18,2)21(20)8-12-27(22,28)3)30-36-16-24(32)29-23(25(33)34)10-14-37-4/h15,20-23,35H,5-14,16H2,1-4H3,(H,29,32)(H,33,34)/b30-19+/t20?,21?,22?,23?,26-,27-,28-/m0/s1. The van der Waals surface area contributed by atoms with Gasteiger partial charge < -0.3 is 20.4 Å². The summed E-state index contributed by atoms with van der Waals surface area (Å²) in [4.78, 5) is 41.3. The van der Waals surface area contributed by atoms with Crippen LogP contribution in [-0.4, -0.2) is 63.8 Å². The molecule has 4 aliphatic carbocycles. The van der Waals surface area contributed by atoms with Crippen molar-refractivity contribution in [1.82, 2.24) is 5.32 Å². The van der Waals surface area contributed by atoms with Gasteiger partial charge in [-0.2, -0.15) is 11.8 Å². The molecule has 0 saturated heterocycles. The fourth-order valence-corrected chi connectivity index (χ4v) is 8.61. The number of Topliss-reactive ketones (excluding diaryl/α,β-unsaturated/α-hetero) is 1. The van der Waals surface area contributed by atoms with E-state index in [1.54, 1.807) is 6.92 Å². The minimum Gasteiger partial charge on any atom is -0.480 e. The molecule has 3 saturated carbocycles. The Morgan fingerprint density at radius 2 is 1.89 bits per heavy atom. The zero-order valence-corrected chi connectivity index (χ0v) is 23.4. The molecule has 7 atom stereocenters. The second-order valence-corrected chi connectivity index (χ2v) is 13.0. The van der Waals surface area contributed by atoms with Crippen LogP contribution in [0.1, 0.15) is 78.6 Å². The molecule has 4 aliphatic rings. The molecule has 1 amide bonds. The lowest BCUT2D eigenvalue weighted by molar-refractivity contribution is -0.159. The molecule has 9 heteroatoms. The van der Waals surface area contributed by atoms with Gasteiger partial charge in [0.25, 0.3) is 5.91 Å². The number of nitrogens with zero attached hydrogens (tertiary/aromatic N) is 1. The van der Waals surface area contributed by atoms with E-state index in [0.717, 1.165) is 50.7 Å². The van der Waals surface area contributed by atoms with E-state index in [1.807, 2.05) is 6.26 Å². The van der Waals surface area contributed by atoms with Crippen LogP contribution in [-0.2, 0) is 19.2 Å². The first-order chi connectivity index (χ1) is 17.5. The summed E-state index contributed by atoms with van der Waals surface area (Å²) in [5.74, 6) is 0.450. The van der Waals surface area contributed by atoms with Crippen molar-refractivity contribution >= 4 is 35.1 Å². The second-order valence-electron chi connectivity index (χ2n) is 12.0. The molecule has 0 aliphatic heterocycles. The maximum Gasteiger partial charge on any atom is 0.326 e. The Morgan fingerprint density at radius 3 is 2.57 bits per heavy atom. The molecule has 0 aromatic rings. The number of oxime groups is 1. The largest absolute Gasteiger partial charge is 0.480 e. The molecule has 3 fully saturated rings. The lowest BCUT2D eigenvalue weighted by atomic mass is 9.46. The highest BCUT2D eigenvalue weighted by Crippen LogP contribution is 2.67. The molecule has 0 spiro atoms. The molecule has 4 rings (SSSR count). The fourth-order valence-electron chi connectivity index (χ4n) is 8.14. The smallest absolute Gasteiger partial charge is 0.326 e. The van der Waals surface area contributed by atoms with Gasteiger partial charge in [-0.1, -0.05) is 24.6 Å². The van der Waals surface area contributed by atoms with Crippen molar-refractivity contribution in [1.29, 1.82) is 0 Å². The molecular weight excluding hydrogens is 492 g/mol. The van der Waals surface area contributed by atoms with Crippen LogP contribution in [0.4, 0.5) is 0 Å². The molecular formula is C28H42N2O6S. The van der Waals surface area contributed by atoms with E-state index >= 15 is 0 Å². The number of hydrogen-bond acceptors (Lipinski definition) is 7. The summed E-state index contributed by atoms with van der Waals surface area (Å²) in [6.45, 7) is 5.76. The monoisotopic (exact) mass is 534 g/mol. The van der Waals surface area contributed by atoms with Gasteiger partial charge in [0.05, 0.1) is 5.71 Å². The van der Waals surface area contributed by atoms with Crippen LogP contribution in [0.5, 0.6) is 0 Å². The van der Waals surface area contributed by atoms with E-state index in [2.05, 4.69) is 30.4 Å². The first-order valence-corrected chi connectivity index (χ1v) is 15.0. The third-order valence-corrected chi connectivity index (χ3v) is 11.0. The number of amides is 1. The third kappa shape index (κ3) is 4.98. The molecule has 4 unspecified atom stereocenters. The number of carboxylic acid groups (broad SMARTS) is 1. The molecule has 37 heavy (non-hydrogen) atoms. The van der Waals surface area contributed by atoms with Crippen molar-refractivity contribution in [2.45, 2.75) is 90.2 Å². The van der Waals surface area contributed by atoms with Crippen LogP contribution in [0.15, 0.2) is 16.8 Å². The minimum absolute atomic E-state index is 0.0730. The average molecular weight is 535 g/mol. The Balaban J connectivity index is 1.39. The van der Waals surface area contributed by atoms with Crippen molar-refractivity contribution in [2.75, 3.05) is 18.6 Å². The predicted molar refractivity (Wildman–Crippen MR) is 143 cm³/mol. The number of ketones is 1. The van der Waals surface area contributed by atoms with Gasteiger partial charge in [-0.3, -0.25) is 9.59 Å². The summed E-state index contributed by atoms with van der Waals surface area (Å²) in [7, 11) is 0. The molecule has 8 nitrogen and oxygen atoms in total. The zero-order chi connectivity index (χ0) is 27.0. The first-order valence-electron chi connectivity index (χ1n) is 13.6. The summed E-state index contributed by atoms with van der Waals surface area (Å²) in [5, 5.41) is 27.3. The topological polar surface area (TPSA) is 125 Å². The van der Waals surface area contributed by atoms with E-state index < -0.39 is 23.5 Å². The van der Waals surface area contributed by atoms with Crippen molar-refractivity contribution in [3.63, 3.8) is 0 Å². The number of aliphatic carboxylic acids is 1. The molecule has 0 radical (unpaired) electrons. The highest BCUT2D eigenvalue weighted by atomic mass is 32.2. The fraction of sp³-hybridized carbons (Fsp3) is 0.786. The number of carboxylic acids is 1. The van der Waals surface area contributed by atoms with Crippen LogP contribution < -0.4 is 5.32 Å². The molecule has 206 valence electrons. The minimum atomic E-state index is -1.19. The van der Waals surface area contributed by atoms with E-state index in [1.165, 1.54) is 17.3 Å². The van der Waals surface area contributed by atoms with Gasteiger partial charge in [-0.25, -0.2) is 4.79 Å². The van der Waals surface area contributed by atoms with Crippen LogP contribution in [0.25, 0.3) is 0 Å². The molecule has 0 aromatic carbocycles. The van der Waals surface area contributed by atoms with Gasteiger partial charge in [0.2, 0.25) is 0 Å². The SMILES string of the molecule is CSCCC(NC(=O)CO/N=C1/C=C2CCC3C(CC[C@@]4(C)C3CC[C@]4(O)C(C)=O)[C@@]2(C)CC1)C(=O)O. The van der Waals surface area contributed by atoms with E-state index in [9.17, 15) is 24.6 Å². The molecule has 0 aromatic heterocycles. The quantitative estimate of drug-likeness (QED) is 0.382. The van der Waals surface area contributed by atoms with Gasteiger partial charge in [0.1, 0.15) is 11.6 Å². The Kier molecular flexibility index (Phi) is 8.15. The Hall–Kier alpha value is -1.87. The number of carbonyl (C=O) groups is 3. The molecule has 0 bridgehead atoms. The maximum absolute atomic E-state index is 12.4. The average Bonchev–Trinajstić information content (AvgIpc) is 3.13. The number of allylic oxidation sites excluding steroid dienone is 2. The highest BCUT2D eigenvalue weighted by Gasteiger charge is 2.65. The van der Waals surface area contributed by atoms with E-state index in [0.29, 0.717) is 36.3 Å². The Bertz CT molecular complexity index is 997. The van der Waals surface area contributed by atoms with Crippen molar-refractivity contribution in [3.8, 4) is 0 Å². The van der Waals surface area contributed by atoms with Crippen molar-refractivity contribution in [2.24, 2.45) is 33.7 Å². The predicted octanol–water partition coefficient (Wildman–Crippen LogP) is 3.96. The van der Waals surface area contributed by atoms with Crippen molar-refractivity contribution < 1.29 is 29.4 Å². The Morgan fingerprint density at radius 1 is 1.16 bits per heavy atom. The van der Waals surface area contributed by atoms with Crippen molar-refractivity contribution in [3.05, 3.63) is 11.6 Å². The Labute approximate surface area is 224 Å². The molecule has 0 heterocycles. The summed E-state index contributed by atoms with van der Waals surface area (Å²) in [6, 6.07) is -0.924. The number of thioether (sulfide) groups is 1. The van der Waals surface area contributed by atoms with Crippen LogP contribution >= 0.6 is 11.8 Å². The van der Waals surface area contributed by atoms with Gasteiger partial charge >= 0.3 is 5.97 Å². The number of rotatable bonds is 9. The number of carbonyl (C=O) groups excluding carboxylic acids is 2. The second kappa shape index (κ2) is 10.7. The van der Waals surface area contributed by atoms with Gasteiger partial charge in [0, 0.05) is 5.41 Å². The number of hydrogen-bond donors (Lipinski definition) is 3. The normalized spacial score (nSPS) is 38.6. The first kappa shape index (κ1) is 28.1. The zero-order valence-electron chi connectivity index (χ0n) is 22.5. The number of nitrogens with one attached hydrogen (secondary N) is 1. The van der Waals surface area contributed by atoms with Gasteiger partial charge in [0.15, 0.2) is 12.4 Å². The lowest BCUT2D eigenvalue weighted by Crippen LogP contribution is -2.57. The highest BCUT2D eigenvalue weighted by molar-refractivity contribution is 7.98. The van der Waals surface area contributed by atoms with E-state index in [4.69, 9.17) is 4.84 Å².